The lowest BCUT2D eigenvalue weighted by molar-refractivity contribution is 0.0947. The van der Waals surface area contributed by atoms with Crippen molar-refractivity contribution in [2.75, 3.05) is 19.3 Å². The van der Waals surface area contributed by atoms with E-state index in [1.165, 1.54) is 12.1 Å². The molecule has 0 saturated carbocycles. The maximum absolute atomic E-state index is 12.1. The SMILES string of the molecule is CS(=O)(=O)c1ccccc1C(=O)NCC1CCCN1. The van der Waals surface area contributed by atoms with Crippen LogP contribution < -0.4 is 10.6 Å². The summed E-state index contributed by atoms with van der Waals surface area (Å²) in [4.78, 5) is 12.1. The molecule has 5 nitrogen and oxygen atoms in total. The van der Waals surface area contributed by atoms with E-state index in [0.717, 1.165) is 25.6 Å². The second kappa shape index (κ2) is 5.71. The molecule has 1 saturated heterocycles. The Morgan fingerprint density at radius 3 is 2.79 bits per heavy atom. The molecule has 19 heavy (non-hydrogen) atoms. The van der Waals surface area contributed by atoms with Crippen LogP contribution >= 0.6 is 0 Å². The van der Waals surface area contributed by atoms with Gasteiger partial charge in [-0.2, -0.15) is 0 Å². The first-order valence-electron chi connectivity index (χ1n) is 6.29. The molecule has 1 heterocycles. The fraction of sp³-hybridized carbons (Fsp3) is 0.462. The average molecular weight is 282 g/mol. The van der Waals surface area contributed by atoms with E-state index in [1.807, 2.05) is 0 Å². The lowest BCUT2D eigenvalue weighted by Crippen LogP contribution is -2.37. The number of benzene rings is 1. The monoisotopic (exact) mass is 282 g/mol. The Kier molecular flexibility index (Phi) is 4.21. The summed E-state index contributed by atoms with van der Waals surface area (Å²) in [6.45, 7) is 1.50. The molecule has 0 bridgehead atoms. The highest BCUT2D eigenvalue weighted by Crippen LogP contribution is 2.15. The summed E-state index contributed by atoms with van der Waals surface area (Å²) in [5, 5.41) is 6.06. The molecule has 1 atom stereocenters. The molecule has 2 rings (SSSR count). The fourth-order valence-corrected chi connectivity index (χ4v) is 3.11. The highest BCUT2D eigenvalue weighted by molar-refractivity contribution is 7.90. The van der Waals surface area contributed by atoms with Crippen molar-refractivity contribution in [2.24, 2.45) is 0 Å². The second-order valence-electron chi connectivity index (χ2n) is 4.77. The van der Waals surface area contributed by atoms with Gasteiger partial charge >= 0.3 is 0 Å². The number of hydrogen-bond acceptors (Lipinski definition) is 4. The lowest BCUT2D eigenvalue weighted by Gasteiger charge is -2.13. The predicted octanol–water partition coefficient (Wildman–Crippen LogP) is 0.572. The Hall–Kier alpha value is -1.40. The Morgan fingerprint density at radius 1 is 1.42 bits per heavy atom. The standard InChI is InChI=1S/C13H18N2O3S/c1-19(17,18)12-7-3-2-6-11(12)13(16)15-9-10-5-4-8-14-10/h2-3,6-7,10,14H,4-5,8-9H2,1H3,(H,15,16). The van der Waals surface area contributed by atoms with Crippen molar-refractivity contribution in [1.82, 2.24) is 10.6 Å². The number of carbonyl (C=O) groups excluding carboxylic acids is 1. The van der Waals surface area contributed by atoms with E-state index in [-0.39, 0.29) is 22.4 Å². The van der Waals surface area contributed by atoms with Gasteiger partial charge in [0.25, 0.3) is 5.91 Å². The zero-order chi connectivity index (χ0) is 13.9. The van der Waals surface area contributed by atoms with Crippen molar-refractivity contribution in [3.63, 3.8) is 0 Å². The summed E-state index contributed by atoms with van der Waals surface area (Å²) in [6, 6.07) is 6.56. The van der Waals surface area contributed by atoms with Gasteiger partial charge in [0.15, 0.2) is 9.84 Å². The highest BCUT2D eigenvalue weighted by Gasteiger charge is 2.19. The van der Waals surface area contributed by atoms with Gasteiger partial charge in [-0.15, -0.1) is 0 Å². The minimum Gasteiger partial charge on any atom is -0.350 e. The lowest BCUT2D eigenvalue weighted by atomic mass is 10.2. The predicted molar refractivity (Wildman–Crippen MR) is 72.9 cm³/mol. The summed E-state index contributed by atoms with van der Waals surface area (Å²) < 4.78 is 23.3. The van der Waals surface area contributed by atoms with Crippen LogP contribution in [0.2, 0.25) is 0 Å². The normalized spacial score (nSPS) is 19.3. The summed E-state index contributed by atoms with van der Waals surface area (Å²) >= 11 is 0. The number of amides is 1. The van der Waals surface area contributed by atoms with E-state index < -0.39 is 9.84 Å². The third-order valence-corrected chi connectivity index (χ3v) is 4.36. The van der Waals surface area contributed by atoms with Crippen molar-refractivity contribution in [1.29, 1.82) is 0 Å². The second-order valence-corrected chi connectivity index (χ2v) is 6.76. The minimum atomic E-state index is -3.39. The van der Waals surface area contributed by atoms with E-state index in [0.29, 0.717) is 6.54 Å². The van der Waals surface area contributed by atoms with E-state index >= 15 is 0 Å². The van der Waals surface area contributed by atoms with Gasteiger partial charge in [0.2, 0.25) is 0 Å². The van der Waals surface area contributed by atoms with Crippen molar-refractivity contribution in [2.45, 2.75) is 23.8 Å². The molecule has 1 aromatic carbocycles. The van der Waals surface area contributed by atoms with E-state index in [9.17, 15) is 13.2 Å². The van der Waals surface area contributed by atoms with Gasteiger partial charge in [0.05, 0.1) is 10.5 Å². The zero-order valence-corrected chi connectivity index (χ0v) is 11.7. The molecule has 104 valence electrons. The van der Waals surface area contributed by atoms with Crippen LogP contribution in [0.3, 0.4) is 0 Å². The molecule has 0 aromatic heterocycles. The molecule has 0 aliphatic carbocycles. The van der Waals surface area contributed by atoms with E-state index in [4.69, 9.17) is 0 Å². The fourth-order valence-electron chi connectivity index (χ4n) is 2.22. The van der Waals surface area contributed by atoms with Crippen LogP contribution in [0.15, 0.2) is 29.2 Å². The Bertz CT molecular complexity index is 563. The van der Waals surface area contributed by atoms with Gasteiger partial charge < -0.3 is 10.6 Å². The van der Waals surface area contributed by atoms with Crippen LogP contribution in [0.25, 0.3) is 0 Å². The van der Waals surface area contributed by atoms with Crippen LogP contribution in [0, 0.1) is 0 Å². The van der Waals surface area contributed by atoms with Gasteiger partial charge in [0, 0.05) is 18.8 Å². The Morgan fingerprint density at radius 2 is 2.16 bits per heavy atom. The number of carbonyl (C=O) groups is 1. The Balaban J connectivity index is 2.10. The largest absolute Gasteiger partial charge is 0.350 e. The molecular weight excluding hydrogens is 264 g/mol. The van der Waals surface area contributed by atoms with Crippen molar-refractivity contribution >= 4 is 15.7 Å². The summed E-state index contributed by atoms with van der Waals surface area (Å²) in [6.07, 6.45) is 3.26. The van der Waals surface area contributed by atoms with Crippen LogP contribution in [0.1, 0.15) is 23.2 Å². The smallest absolute Gasteiger partial charge is 0.252 e. The van der Waals surface area contributed by atoms with Gasteiger partial charge in [-0.25, -0.2) is 8.42 Å². The molecule has 6 heteroatoms. The van der Waals surface area contributed by atoms with Crippen molar-refractivity contribution in [3.8, 4) is 0 Å². The molecule has 0 radical (unpaired) electrons. The zero-order valence-electron chi connectivity index (χ0n) is 10.8. The van der Waals surface area contributed by atoms with Gasteiger partial charge in [-0.05, 0) is 31.5 Å². The third-order valence-electron chi connectivity index (χ3n) is 3.20. The number of hydrogen-bond donors (Lipinski definition) is 2. The summed E-state index contributed by atoms with van der Waals surface area (Å²) in [5.74, 6) is -0.338. The van der Waals surface area contributed by atoms with Crippen LogP contribution in [-0.4, -0.2) is 39.7 Å². The topological polar surface area (TPSA) is 75.3 Å². The first-order valence-corrected chi connectivity index (χ1v) is 8.18. The maximum atomic E-state index is 12.1. The van der Waals surface area contributed by atoms with Crippen LogP contribution in [0.5, 0.6) is 0 Å². The quantitative estimate of drug-likeness (QED) is 0.846. The molecule has 0 spiro atoms. The molecule has 1 aliphatic rings. The Labute approximate surface area is 113 Å². The highest BCUT2D eigenvalue weighted by atomic mass is 32.2. The van der Waals surface area contributed by atoms with Crippen LogP contribution in [-0.2, 0) is 9.84 Å². The molecule has 2 N–H and O–H groups in total. The first kappa shape index (κ1) is 14.0. The van der Waals surface area contributed by atoms with Crippen molar-refractivity contribution < 1.29 is 13.2 Å². The van der Waals surface area contributed by atoms with Gasteiger partial charge in [-0.3, -0.25) is 4.79 Å². The van der Waals surface area contributed by atoms with Gasteiger partial charge in [-0.1, -0.05) is 12.1 Å². The molecule has 1 aliphatic heterocycles. The molecule has 1 aromatic rings. The number of rotatable bonds is 4. The van der Waals surface area contributed by atoms with Crippen molar-refractivity contribution in [3.05, 3.63) is 29.8 Å². The third kappa shape index (κ3) is 3.54. The molecular formula is C13H18N2O3S. The molecule has 1 amide bonds. The minimum absolute atomic E-state index is 0.0758. The summed E-state index contributed by atoms with van der Waals surface area (Å²) in [7, 11) is -3.39. The molecule has 1 unspecified atom stereocenters. The van der Waals surface area contributed by atoms with E-state index in [2.05, 4.69) is 10.6 Å². The average Bonchev–Trinajstić information content (AvgIpc) is 2.88. The first-order chi connectivity index (χ1) is 8.98. The summed E-state index contributed by atoms with van der Waals surface area (Å²) in [5.41, 5.74) is 0.211. The number of nitrogens with one attached hydrogen (secondary N) is 2. The number of sulfone groups is 1. The maximum Gasteiger partial charge on any atom is 0.252 e. The van der Waals surface area contributed by atoms with Gasteiger partial charge in [0.1, 0.15) is 0 Å². The van der Waals surface area contributed by atoms with Crippen LogP contribution in [0.4, 0.5) is 0 Å². The van der Waals surface area contributed by atoms with E-state index in [1.54, 1.807) is 12.1 Å². The molecule has 1 fully saturated rings.